The van der Waals surface area contributed by atoms with E-state index in [-0.39, 0.29) is 0 Å². The summed E-state index contributed by atoms with van der Waals surface area (Å²) in [4.78, 5) is 10.7. The summed E-state index contributed by atoms with van der Waals surface area (Å²) >= 11 is 3.26. The van der Waals surface area contributed by atoms with Crippen molar-refractivity contribution in [2.45, 2.75) is 5.75 Å². The van der Waals surface area contributed by atoms with Gasteiger partial charge in [0, 0.05) is 30.1 Å². The highest BCUT2D eigenvalue weighted by atomic mass is 79.9. The standard InChI is InChI=1S/C9H13BrN6OS/c1-12-9(14-5-11)13-2-3-18(17)4-7-8(10)16-6-15-7/h6H,2-4H2,1H3,(H,15,16)(H2,12,13,14). The van der Waals surface area contributed by atoms with Crippen molar-refractivity contribution in [3.05, 3.63) is 16.6 Å². The predicted molar refractivity (Wildman–Crippen MR) is 73.1 cm³/mol. The van der Waals surface area contributed by atoms with Gasteiger partial charge in [0.1, 0.15) is 4.60 Å². The molecule has 0 aliphatic rings. The molecule has 0 radical (unpaired) electrons. The van der Waals surface area contributed by atoms with E-state index in [1.165, 1.54) is 0 Å². The molecule has 1 unspecified atom stereocenters. The van der Waals surface area contributed by atoms with E-state index in [0.29, 0.717) is 28.6 Å². The van der Waals surface area contributed by atoms with E-state index in [0.717, 1.165) is 5.69 Å². The van der Waals surface area contributed by atoms with Crippen molar-refractivity contribution < 1.29 is 4.21 Å². The van der Waals surface area contributed by atoms with Gasteiger partial charge in [0.25, 0.3) is 0 Å². The molecule has 98 valence electrons. The number of hydrogen-bond donors (Lipinski definition) is 3. The van der Waals surface area contributed by atoms with Crippen molar-refractivity contribution in [2.75, 3.05) is 19.3 Å². The monoisotopic (exact) mass is 332 g/mol. The minimum atomic E-state index is -1.01. The third-order valence-corrected chi connectivity index (χ3v) is 3.94. The fourth-order valence-electron chi connectivity index (χ4n) is 1.15. The summed E-state index contributed by atoms with van der Waals surface area (Å²) in [7, 11) is 0.549. The Bertz CT molecular complexity index is 480. The van der Waals surface area contributed by atoms with Gasteiger partial charge in [0.15, 0.2) is 6.19 Å². The number of halogens is 1. The van der Waals surface area contributed by atoms with E-state index in [9.17, 15) is 4.21 Å². The van der Waals surface area contributed by atoms with E-state index < -0.39 is 10.8 Å². The van der Waals surface area contributed by atoms with Crippen LogP contribution in [0.5, 0.6) is 0 Å². The second-order valence-electron chi connectivity index (χ2n) is 3.20. The number of nitrogens with one attached hydrogen (secondary N) is 3. The summed E-state index contributed by atoms with van der Waals surface area (Å²) < 4.78 is 12.5. The summed E-state index contributed by atoms with van der Waals surface area (Å²) in [6.07, 6.45) is 3.31. The Morgan fingerprint density at radius 2 is 2.56 bits per heavy atom. The number of aliphatic imine (C=N–C) groups is 1. The van der Waals surface area contributed by atoms with Gasteiger partial charge in [-0.15, -0.1) is 0 Å². The molecule has 0 aromatic carbocycles. The lowest BCUT2D eigenvalue weighted by molar-refractivity contribution is 0.680. The van der Waals surface area contributed by atoms with E-state index in [4.69, 9.17) is 5.26 Å². The van der Waals surface area contributed by atoms with Gasteiger partial charge in [0.2, 0.25) is 5.96 Å². The maximum atomic E-state index is 11.8. The third-order valence-electron chi connectivity index (χ3n) is 1.99. The van der Waals surface area contributed by atoms with Crippen LogP contribution in [0, 0.1) is 11.5 Å². The molecule has 1 aromatic heterocycles. The van der Waals surface area contributed by atoms with E-state index in [2.05, 4.69) is 41.5 Å². The van der Waals surface area contributed by atoms with Crippen LogP contribution in [-0.2, 0) is 16.6 Å². The molecule has 0 aliphatic heterocycles. The van der Waals surface area contributed by atoms with Gasteiger partial charge in [-0.3, -0.25) is 14.5 Å². The largest absolute Gasteiger partial charge is 0.355 e. The summed E-state index contributed by atoms with van der Waals surface area (Å²) in [5.41, 5.74) is 0.813. The average molecular weight is 333 g/mol. The number of nitriles is 1. The lowest BCUT2D eigenvalue weighted by atomic mass is 10.6. The number of H-pyrrole nitrogens is 1. The van der Waals surface area contributed by atoms with Crippen LogP contribution in [0.3, 0.4) is 0 Å². The van der Waals surface area contributed by atoms with Crippen LogP contribution in [0.2, 0.25) is 0 Å². The molecule has 0 saturated carbocycles. The summed E-state index contributed by atoms with van der Waals surface area (Å²) in [5, 5.41) is 13.7. The molecule has 0 aliphatic carbocycles. The van der Waals surface area contributed by atoms with Gasteiger partial charge in [-0.05, 0) is 15.9 Å². The zero-order valence-electron chi connectivity index (χ0n) is 9.73. The molecule has 1 aromatic rings. The van der Waals surface area contributed by atoms with Crippen molar-refractivity contribution >= 4 is 32.7 Å². The molecule has 0 amide bonds. The first-order valence-electron chi connectivity index (χ1n) is 5.06. The minimum absolute atomic E-state index is 0.372. The van der Waals surface area contributed by atoms with Crippen LogP contribution < -0.4 is 10.6 Å². The van der Waals surface area contributed by atoms with Gasteiger partial charge < -0.3 is 10.3 Å². The van der Waals surface area contributed by atoms with Crippen LogP contribution >= 0.6 is 15.9 Å². The number of guanidine groups is 1. The van der Waals surface area contributed by atoms with Crippen molar-refractivity contribution in [3.63, 3.8) is 0 Å². The molecule has 1 heterocycles. The molecule has 1 rings (SSSR count). The first-order chi connectivity index (χ1) is 8.67. The van der Waals surface area contributed by atoms with Gasteiger partial charge >= 0.3 is 0 Å². The number of hydrogen-bond acceptors (Lipinski definition) is 4. The van der Waals surface area contributed by atoms with E-state index in [1.54, 1.807) is 19.6 Å². The predicted octanol–water partition coefficient (Wildman–Crippen LogP) is 0.0670. The van der Waals surface area contributed by atoms with Crippen LogP contribution in [0.1, 0.15) is 5.69 Å². The van der Waals surface area contributed by atoms with E-state index in [1.807, 2.05) is 0 Å². The van der Waals surface area contributed by atoms with Crippen molar-refractivity contribution in [2.24, 2.45) is 4.99 Å². The third kappa shape index (κ3) is 4.85. The molecule has 1 atom stereocenters. The molecule has 9 heteroatoms. The zero-order valence-corrected chi connectivity index (χ0v) is 12.1. The number of nitrogens with zero attached hydrogens (tertiary/aromatic N) is 3. The van der Waals surface area contributed by atoms with Gasteiger partial charge in [-0.2, -0.15) is 5.26 Å². The van der Waals surface area contributed by atoms with Crippen LogP contribution in [-0.4, -0.2) is 39.5 Å². The fourth-order valence-corrected chi connectivity index (χ4v) is 2.71. The van der Waals surface area contributed by atoms with Gasteiger partial charge in [-0.25, -0.2) is 4.98 Å². The lowest BCUT2D eigenvalue weighted by Crippen LogP contribution is -2.36. The first kappa shape index (κ1) is 14.7. The summed E-state index contributed by atoms with van der Waals surface area (Å²) in [6.45, 7) is 0.472. The Morgan fingerprint density at radius 1 is 1.78 bits per heavy atom. The molecule has 3 N–H and O–H groups in total. The lowest BCUT2D eigenvalue weighted by Gasteiger charge is -2.06. The zero-order chi connectivity index (χ0) is 13.4. The van der Waals surface area contributed by atoms with E-state index >= 15 is 0 Å². The SMILES string of the molecule is CN=C(NC#N)NCCS(=O)Cc1[nH]cnc1Br. The molecule has 0 spiro atoms. The quantitative estimate of drug-likeness (QED) is 0.306. The second kappa shape index (κ2) is 7.84. The van der Waals surface area contributed by atoms with Gasteiger partial charge in [-0.1, -0.05) is 0 Å². The highest BCUT2D eigenvalue weighted by Crippen LogP contribution is 2.12. The second-order valence-corrected chi connectivity index (χ2v) is 5.52. The Kier molecular flexibility index (Phi) is 6.38. The van der Waals surface area contributed by atoms with Crippen molar-refractivity contribution in [1.82, 2.24) is 20.6 Å². The minimum Gasteiger partial charge on any atom is -0.355 e. The van der Waals surface area contributed by atoms with Crippen LogP contribution in [0.15, 0.2) is 15.9 Å². The summed E-state index contributed by atoms with van der Waals surface area (Å²) in [6, 6.07) is 0. The van der Waals surface area contributed by atoms with Crippen LogP contribution in [0.4, 0.5) is 0 Å². The maximum Gasteiger partial charge on any atom is 0.204 e. The molecule has 0 saturated heterocycles. The van der Waals surface area contributed by atoms with Crippen molar-refractivity contribution in [3.8, 4) is 6.19 Å². The number of aromatic amines is 1. The molecule has 0 bridgehead atoms. The number of imidazole rings is 1. The molecule has 18 heavy (non-hydrogen) atoms. The Balaban J connectivity index is 2.30. The molecular formula is C9H13BrN6OS. The van der Waals surface area contributed by atoms with Crippen LogP contribution in [0.25, 0.3) is 0 Å². The fraction of sp³-hybridized carbons (Fsp3) is 0.444. The van der Waals surface area contributed by atoms with Crippen molar-refractivity contribution in [1.29, 1.82) is 5.26 Å². The Labute approximate surface area is 116 Å². The molecule has 7 nitrogen and oxygen atoms in total. The Morgan fingerprint density at radius 3 is 3.11 bits per heavy atom. The molecular weight excluding hydrogens is 320 g/mol. The normalized spacial score (nSPS) is 12.8. The maximum absolute atomic E-state index is 11.8. The highest BCUT2D eigenvalue weighted by molar-refractivity contribution is 9.10. The smallest absolute Gasteiger partial charge is 0.204 e. The average Bonchev–Trinajstić information content (AvgIpc) is 2.74. The number of rotatable bonds is 5. The summed E-state index contributed by atoms with van der Waals surface area (Å²) in [5.74, 6) is 1.24. The topological polar surface area (TPSA) is 106 Å². The van der Waals surface area contributed by atoms with Gasteiger partial charge in [0.05, 0.1) is 17.8 Å². The first-order valence-corrected chi connectivity index (χ1v) is 7.34. The molecule has 0 fully saturated rings. The highest BCUT2D eigenvalue weighted by Gasteiger charge is 2.07. The number of aromatic nitrogens is 2. The Hall–Kier alpha value is -1.40.